The van der Waals surface area contributed by atoms with Gasteiger partial charge in [0.05, 0.1) is 65.1 Å². The molecule has 20 atom stereocenters. The summed E-state index contributed by atoms with van der Waals surface area (Å²) >= 11 is 0. The van der Waals surface area contributed by atoms with Gasteiger partial charge in [0.2, 0.25) is 0 Å². The summed E-state index contributed by atoms with van der Waals surface area (Å²) in [6.07, 6.45) is -25.9. The third kappa shape index (κ3) is 9.13. The third-order valence-electron chi connectivity index (χ3n) is 11.8. The molecule has 2 aromatic rings. The van der Waals surface area contributed by atoms with Crippen molar-refractivity contribution in [3.8, 4) is 0 Å². The van der Waals surface area contributed by atoms with E-state index in [9.17, 15) is 66.4 Å². The smallest absolute Gasteiger partial charge is 0.193 e. The van der Waals surface area contributed by atoms with Crippen molar-refractivity contribution in [2.45, 2.75) is 161 Å². The van der Waals surface area contributed by atoms with E-state index in [1.807, 2.05) is 6.92 Å². The Morgan fingerprint density at radius 3 is 1.89 bits per heavy atom. The quantitative estimate of drug-likeness (QED) is 0.0549. The summed E-state index contributed by atoms with van der Waals surface area (Å²) in [6.45, 7) is 0.242. The fourth-order valence-electron chi connectivity index (χ4n) is 8.13. The number of nitrogens with zero attached hydrogens (tertiary/aromatic N) is 6. The average Bonchev–Trinajstić information content (AvgIpc) is 3.94. The highest BCUT2D eigenvalue weighted by Crippen LogP contribution is 2.59. The van der Waals surface area contributed by atoms with Gasteiger partial charge in [0.1, 0.15) is 96.8 Å². The summed E-state index contributed by atoms with van der Waals surface area (Å²) in [5.74, 6) is 0. The molecule has 9 unspecified atom stereocenters. The first-order valence-corrected chi connectivity index (χ1v) is 20.3. The summed E-state index contributed by atoms with van der Waals surface area (Å²) in [7, 11) is 0. The highest BCUT2D eigenvalue weighted by Gasteiger charge is 2.86. The van der Waals surface area contributed by atoms with E-state index in [1.54, 1.807) is 10.9 Å². The molecule has 28 nitrogen and oxygen atoms in total. The molecule has 0 amide bonds. The van der Waals surface area contributed by atoms with E-state index in [2.05, 4.69) is 20.6 Å². The van der Waals surface area contributed by atoms with E-state index in [0.29, 0.717) is 25.5 Å². The molecule has 4 saturated heterocycles. The first kappa shape index (κ1) is 48.3. The number of hydrogen-bond acceptors (Lipinski definition) is 26. The molecule has 4 aliphatic heterocycles. The number of aliphatic hydroxyl groups excluding tert-OH is 12. The van der Waals surface area contributed by atoms with Crippen LogP contribution in [0.4, 0.5) is 0 Å². The maximum absolute atomic E-state index is 11.5. The normalized spacial score (nSPS) is 43.9. The number of aromatic nitrogens is 6. The van der Waals surface area contributed by atoms with Crippen LogP contribution in [0.1, 0.15) is 24.7 Å². The highest BCUT2D eigenvalue weighted by atomic mass is 16.8. The summed E-state index contributed by atoms with van der Waals surface area (Å²) < 4.78 is 53.2. The van der Waals surface area contributed by atoms with Crippen molar-refractivity contribution in [2.75, 3.05) is 33.0 Å². The Hall–Kier alpha value is -2.60. The van der Waals surface area contributed by atoms with Crippen LogP contribution in [0.2, 0.25) is 0 Å². The van der Waals surface area contributed by atoms with Crippen LogP contribution in [0.25, 0.3) is 0 Å². The topological polar surface area (TPSA) is 407 Å². The lowest BCUT2D eigenvalue weighted by atomic mass is 9.56. The van der Waals surface area contributed by atoms with Gasteiger partial charge in [0.25, 0.3) is 0 Å². The van der Waals surface area contributed by atoms with Gasteiger partial charge in [0.15, 0.2) is 36.4 Å². The Bertz CT molecular complexity index is 1760. The van der Waals surface area contributed by atoms with Gasteiger partial charge in [-0.05, 0) is 6.42 Å². The molecule has 28 heteroatoms. The molecule has 0 bridgehead atoms. The van der Waals surface area contributed by atoms with Gasteiger partial charge >= 0.3 is 0 Å². The standard InChI is InChI=1S/C35H56N6O22/c1-2-4-55-5-3-40-6-14(36-38-40)11-56-30-24(50)21(47)19(45)16(58-30)8-41-7-15(37-39-41)12-57-33-35(54)28(53)29(34(35,13-44)63-33)62-32-26(52)23(49)27(18(10-43)60-32)61-31-25(51)22(48)20(46)17(9-42)59-31/h6-7,16-33,42-54H,2-5,8-13H2,1H3/t16-,17?,18?,19+,20-,21+,22?,23?,24+,25?,26?,27-,28?,29+,30-,31-,32-,33-,34?,35?/m1/s1. The number of hydrogen-bond donors (Lipinski definition) is 13. The van der Waals surface area contributed by atoms with Crippen molar-refractivity contribution in [2.24, 2.45) is 0 Å². The number of aliphatic hydroxyl groups is 13. The van der Waals surface area contributed by atoms with Crippen molar-refractivity contribution in [3.63, 3.8) is 0 Å². The lowest BCUT2D eigenvalue weighted by molar-refractivity contribution is -0.536. The first-order valence-electron chi connectivity index (χ1n) is 20.3. The molecule has 0 radical (unpaired) electrons. The van der Waals surface area contributed by atoms with Gasteiger partial charge < -0.3 is 109 Å². The molecule has 5 aliphatic rings. The van der Waals surface area contributed by atoms with Gasteiger partial charge in [-0.15, -0.1) is 10.2 Å². The number of ether oxygens (including phenoxy) is 9. The van der Waals surface area contributed by atoms with Gasteiger partial charge in [-0.3, -0.25) is 0 Å². The maximum Gasteiger partial charge on any atom is 0.193 e. The van der Waals surface area contributed by atoms with Crippen molar-refractivity contribution in [1.29, 1.82) is 0 Å². The predicted octanol–water partition coefficient (Wildman–Crippen LogP) is -8.96. The Labute approximate surface area is 357 Å². The van der Waals surface area contributed by atoms with Crippen LogP contribution >= 0.6 is 0 Å². The molecular formula is C35H56N6O22. The van der Waals surface area contributed by atoms with Crippen LogP contribution in [0, 0.1) is 0 Å². The van der Waals surface area contributed by atoms with Crippen molar-refractivity contribution >= 4 is 0 Å². The molecule has 358 valence electrons. The van der Waals surface area contributed by atoms with E-state index in [0.717, 1.165) is 6.42 Å². The molecule has 5 fully saturated rings. The minimum Gasteiger partial charge on any atom is -0.394 e. The Morgan fingerprint density at radius 2 is 1.22 bits per heavy atom. The van der Waals surface area contributed by atoms with Crippen LogP contribution in [-0.4, -0.2) is 251 Å². The zero-order valence-corrected chi connectivity index (χ0v) is 33.8. The SMILES string of the molecule is CCCOCCn1cc(CO[C@@H]2O[C@H](Cn3cc(CO[C@@H]4OC5(CO)[C@@H](O[C@H]6OC(CO)[C@@H](O[C@H]7OC(CO)[C@@H](O)C(O)C7O)C(O)C6O)C(O)C45O)nn3)[C@H](O)[C@H](O)[C@@H]2O)nn1. The molecule has 7 rings (SSSR count). The van der Waals surface area contributed by atoms with E-state index >= 15 is 0 Å². The minimum absolute atomic E-state index is 0.136. The molecule has 6 heterocycles. The van der Waals surface area contributed by atoms with Crippen LogP contribution in [-0.2, 0) is 68.9 Å². The molecular weight excluding hydrogens is 856 g/mol. The van der Waals surface area contributed by atoms with E-state index in [-0.39, 0.29) is 25.5 Å². The van der Waals surface area contributed by atoms with Crippen LogP contribution in [0.5, 0.6) is 0 Å². The van der Waals surface area contributed by atoms with Crippen molar-refractivity contribution in [3.05, 3.63) is 23.8 Å². The molecule has 0 spiro atoms. The van der Waals surface area contributed by atoms with Gasteiger partial charge in [-0.1, -0.05) is 17.4 Å². The fraction of sp³-hybridized carbons (Fsp3) is 0.886. The molecule has 0 aromatic carbocycles. The predicted molar refractivity (Wildman–Crippen MR) is 194 cm³/mol. The molecule has 2 aromatic heterocycles. The second-order valence-corrected chi connectivity index (χ2v) is 16.0. The van der Waals surface area contributed by atoms with Gasteiger partial charge in [-0.25, -0.2) is 9.36 Å². The van der Waals surface area contributed by atoms with Crippen molar-refractivity contribution in [1.82, 2.24) is 30.0 Å². The van der Waals surface area contributed by atoms with Crippen LogP contribution in [0.15, 0.2) is 12.4 Å². The first-order chi connectivity index (χ1) is 30.1. The van der Waals surface area contributed by atoms with E-state index < -0.39 is 142 Å². The molecule has 63 heavy (non-hydrogen) atoms. The molecule has 13 N–H and O–H groups in total. The lowest BCUT2D eigenvalue weighted by Crippen LogP contribution is -2.96. The Morgan fingerprint density at radius 1 is 0.651 bits per heavy atom. The molecule has 1 aliphatic carbocycles. The second kappa shape index (κ2) is 20.1. The average molecular weight is 913 g/mol. The second-order valence-electron chi connectivity index (χ2n) is 16.0. The monoisotopic (exact) mass is 912 g/mol. The van der Waals surface area contributed by atoms with Crippen molar-refractivity contribution < 1.29 is 109 Å². The zero-order chi connectivity index (χ0) is 45.4. The largest absolute Gasteiger partial charge is 0.394 e. The van der Waals surface area contributed by atoms with E-state index in [4.69, 9.17) is 42.6 Å². The number of fused-ring (bicyclic) bond motifs is 1. The third-order valence-corrected chi connectivity index (χ3v) is 11.8. The molecule has 1 saturated carbocycles. The fourth-order valence-corrected chi connectivity index (χ4v) is 8.13. The summed E-state index contributed by atoms with van der Waals surface area (Å²) in [6, 6.07) is 0. The summed E-state index contributed by atoms with van der Waals surface area (Å²) in [5, 5.41) is 153. The number of rotatable bonds is 20. The lowest BCUT2D eigenvalue weighted by Gasteiger charge is -2.72. The van der Waals surface area contributed by atoms with Crippen LogP contribution in [0.3, 0.4) is 0 Å². The zero-order valence-electron chi connectivity index (χ0n) is 33.8. The minimum atomic E-state index is -2.28. The highest BCUT2D eigenvalue weighted by molar-refractivity contribution is 5.31. The van der Waals surface area contributed by atoms with Gasteiger partial charge in [0, 0.05) is 6.61 Å². The van der Waals surface area contributed by atoms with E-state index in [1.165, 1.54) is 10.9 Å². The summed E-state index contributed by atoms with van der Waals surface area (Å²) in [5.41, 5.74) is -3.73. The van der Waals surface area contributed by atoms with Crippen LogP contribution < -0.4 is 0 Å². The maximum atomic E-state index is 11.5. The Kier molecular flexibility index (Phi) is 15.4. The Balaban J connectivity index is 0.900. The van der Waals surface area contributed by atoms with Gasteiger partial charge in [-0.2, -0.15) is 0 Å². The summed E-state index contributed by atoms with van der Waals surface area (Å²) in [4.78, 5) is 0.